The molecule has 0 radical (unpaired) electrons. The summed E-state index contributed by atoms with van der Waals surface area (Å²) in [6.07, 6.45) is 19.9. The lowest BCUT2D eigenvalue weighted by atomic mass is 9.94. The average Bonchev–Trinajstić information content (AvgIpc) is 3.04. The summed E-state index contributed by atoms with van der Waals surface area (Å²) < 4.78 is 13.1. The van der Waals surface area contributed by atoms with Gasteiger partial charge < -0.3 is 4.90 Å². The van der Waals surface area contributed by atoms with Crippen LogP contribution in [0.15, 0.2) is 18.6 Å². The lowest BCUT2D eigenvalue weighted by Crippen LogP contribution is -2.34. The van der Waals surface area contributed by atoms with Gasteiger partial charge in [-0.1, -0.05) is 58.8 Å². The molecule has 2 heterocycles. The topological polar surface area (TPSA) is 51.0 Å². The van der Waals surface area contributed by atoms with Crippen LogP contribution in [-0.2, 0) is 10.8 Å². The Hall–Kier alpha value is -0.350. The smallest absolute Gasteiger partial charge is 0.156 e. The summed E-state index contributed by atoms with van der Waals surface area (Å²) in [5.41, 5.74) is 1.01. The number of anilines is 1. The molecule has 2 aliphatic rings. The quantitative estimate of drug-likeness (QED) is 0.285. The van der Waals surface area contributed by atoms with Gasteiger partial charge in [-0.3, -0.25) is 8.18 Å². The zero-order valence-electron chi connectivity index (χ0n) is 19.6. The molecule has 2 aromatic rings. The molecule has 0 aromatic carbocycles. The maximum absolute atomic E-state index is 11.1. The molecule has 31 heavy (non-hydrogen) atoms. The highest BCUT2D eigenvalue weighted by Crippen LogP contribution is 2.31. The Morgan fingerprint density at radius 1 is 1.03 bits per heavy atom. The van der Waals surface area contributed by atoms with Crippen molar-refractivity contribution in [2.24, 2.45) is 0 Å². The van der Waals surface area contributed by atoms with E-state index in [1.807, 2.05) is 20.1 Å². The van der Waals surface area contributed by atoms with Crippen LogP contribution >= 0.6 is 30.3 Å². The van der Waals surface area contributed by atoms with Crippen molar-refractivity contribution in [3.05, 3.63) is 18.6 Å². The molecule has 1 unspecified atom stereocenters. The van der Waals surface area contributed by atoms with Crippen LogP contribution in [0.1, 0.15) is 84.5 Å². The van der Waals surface area contributed by atoms with Crippen LogP contribution in [0.4, 0.5) is 5.82 Å². The summed E-state index contributed by atoms with van der Waals surface area (Å²) in [6, 6.07) is 2.75. The summed E-state index contributed by atoms with van der Waals surface area (Å²) in [6.45, 7) is 4.00. The van der Waals surface area contributed by atoms with E-state index in [4.69, 9.17) is 0 Å². The molecule has 0 amide bonds. The largest absolute Gasteiger partial charge is 0.356 e. The highest BCUT2D eigenvalue weighted by atomic mass is 127. The van der Waals surface area contributed by atoms with Gasteiger partial charge in [0.1, 0.15) is 12.1 Å². The van der Waals surface area contributed by atoms with E-state index < -0.39 is 10.8 Å². The van der Waals surface area contributed by atoms with Gasteiger partial charge in [-0.05, 0) is 31.7 Å². The third-order valence-electron chi connectivity index (χ3n) is 6.23. The second-order valence-electron chi connectivity index (χ2n) is 8.16. The second kappa shape index (κ2) is 14.7. The lowest BCUT2D eigenvalue weighted by molar-refractivity contribution is 0.426. The van der Waals surface area contributed by atoms with Crippen molar-refractivity contribution in [1.82, 2.24) is 13.9 Å². The standard InChI is InChI=1S/C13H17IN4S.C8H16OS.C2H6/c1-17(10-5-3-2-4-6-10)12-11-7-8-18(19-14)13(11)16-9-15-12;1-10(9)8-6-4-2-3-5-7-8;1-2/h7-10H,2-6H2,1H3;8H,2-7H2,1H3;1-2H3. The number of hydrogen-bond donors (Lipinski definition) is 0. The van der Waals surface area contributed by atoms with Crippen LogP contribution in [0.3, 0.4) is 0 Å². The third-order valence-corrected chi connectivity index (χ3v) is 9.36. The summed E-state index contributed by atoms with van der Waals surface area (Å²) in [5.74, 6) is 1.07. The van der Waals surface area contributed by atoms with Gasteiger partial charge in [0.2, 0.25) is 0 Å². The van der Waals surface area contributed by atoms with Gasteiger partial charge in [-0.2, -0.15) is 0 Å². The van der Waals surface area contributed by atoms with Crippen LogP contribution in [0.2, 0.25) is 0 Å². The fraction of sp³-hybridized carbons (Fsp3) is 0.739. The zero-order chi connectivity index (χ0) is 22.6. The maximum atomic E-state index is 11.1. The fourth-order valence-corrected chi connectivity index (χ4v) is 6.74. The first-order chi connectivity index (χ1) is 15.1. The molecule has 176 valence electrons. The van der Waals surface area contributed by atoms with Crippen molar-refractivity contribution in [3.63, 3.8) is 0 Å². The van der Waals surface area contributed by atoms with Crippen molar-refractivity contribution >= 4 is 58.0 Å². The van der Waals surface area contributed by atoms with E-state index in [1.165, 1.54) is 70.6 Å². The van der Waals surface area contributed by atoms with Crippen LogP contribution in [-0.4, -0.2) is 42.7 Å². The molecule has 1 atom stereocenters. The molecule has 0 saturated heterocycles. The van der Waals surface area contributed by atoms with Gasteiger partial charge in [0.25, 0.3) is 0 Å². The third kappa shape index (κ3) is 7.88. The first-order valence-electron chi connectivity index (χ1n) is 11.8. The molecular formula is C23H39IN4OS2. The minimum absolute atomic E-state index is 0.516. The highest BCUT2D eigenvalue weighted by Gasteiger charge is 2.21. The Morgan fingerprint density at radius 3 is 2.19 bits per heavy atom. The molecule has 5 nitrogen and oxygen atoms in total. The zero-order valence-corrected chi connectivity index (χ0v) is 23.3. The predicted octanol–water partition coefficient (Wildman–Crippen LogP) is 7.16. The molecule has 8 heteroatoms. The molecule has 2 aromatic heterocycles. The van der Waals surface area contributed by atoms with Crippen molar-refractivity contribution in [2.75, 3.05) is 18.2 Å². The van der Waals surface area contributed by atoms with Crippen LogP contribution in [0.5, 0.6) is 0 Å². The Labute approximate surface area is 207 Å². The molecule has 0 spiro atoms. The average molecular weight is 579 g/mol. The molecule has 0 N–H and O–H groups in total. The van der Waals surface area contributed by atoms with Gasteiger partial charge in [0.15, 0.2) is 5.65 Å². The minimum atomic E-state index is -0.563. The Bertz CT molecular complexity index is 787. The Kier molecular flexibility index (Phi) is 12.8. The number of nitrogens with zero attached hydrogens (tertiary/aromatic N) is 4. The lowest BCUT2D eigenvalue weighted by Gasteiger charge is -2.32. The number of halogens is 1. The van der Waals surface area contributed by atoms with E-state index in [1.54, 1.807) is 15.4 Å². The molecular weight excluding hydrogens is 539 g/mol. The number of rotatable bonds is 4. The summed E-state index contributed by atoms with van der Waals surface area (Å²) in [5, 5.41) is 1.67. The fourth-order valence-electron chi connectivity index (χ4n) is 4.47. The van der Waals surface area contributed by atoms with Crippen LogP contribution in [0.25, 0.3) is 11.0 Å². The minimum Gasteiger partial charge on any atom is -0.356 e. The Morgan fingerprint density at radius 2 is 1.61 bits per heavy atom. The highest BCUT2D eigenvalue weighted by molar-refractivity contribution is 14.2. The van der Waals surface area contributed by atoms with E-state index in [-0.39, 0.29) is 0 Å². The number of hydrogen-bond acceptors (Lipinski definition) is 5. The SMILES string of the molecule is CC.CN(c1ncnc2c1ccn2SI)C1CCCCC1.CS(=O)C1CCCCCC1. The van der Waals surface area contributed by atoms with E-state index in [2.05, 4.69) is 59.4 Å². The molecule has 2 fully saturated rings. The monoisotopic (exact) mass is 578 g/mol. The summed E-state index contributed by atoms with van der Waals surface area (Å²) >= 11 is 2.28. The molecule has 0 aliphatic heterocycles. The first-order valence-corrected chi connectivity index (χ1v) is 16.7. The van der Waals surface area contributed by atoms with Crippen molar-refractivity contribution in [1.29, 1.82) is 0 Å². The summed E-state index contributed by atoms with van der Waals surface area (Å²) in [7, 11) is 3.25. The second-order valence-corrected chi connectivity index (χ2v) is 11.5. The van der Waals surface area contributed by atoms with Crippen LogP contribution in [0, 0.1) is 0 Å². The summed E-state index contributed by atoms with van der Waals surface area (Å²) in [4.78, 5) is 11.3. The normalized spacial score (nSPS) is 18.9. The van der Waals surface area contributed by atoms with Crippen molar-refractivity contribution < 1.29 is 4.21 Å². The van der Waals surface area contributed by atoms with Crippen molar-refractivity contribution in [3.8, 4) is 0 Å². The molecule has 0 bridgehead atoms. The van der Waals surface area contributed by atoms with Gasteiger partial charge in [0, 0.05) is 71.9 Å². The first kappa shape index (κ1) is 26.9. The van der Waals surface area contributed by atoms with Gasteiger partial charge >= 0.3 is 0 Å². The van der Waals surface area contributed by atoms with E-state index >= 15 is 0 Å². The Balaban J connectivity index is 0.000000241. The van der Waals surface area contributed by atoms with Gasteiger partial charge in [-0.25, -0.2) is 9.97 Å². The van der Waals surface area contributed by atoms with E-state index in [9.17, 15) is 4.21 Å². The molecule has 2 saturated carbocycles. The number of fused-ring (bicyclic) bond motifs is 1. The van der Waals surface area contributed by atoms with E-state index in [0.29, 0.717) is 11.3 Å². The number of aromatic nitrogens is 3. The van der Waals surface area contributed by atoms with Gasteiger partial charge in [-0.15, -0.1) is 0 Å². The predicted molar refractivity (Wildman–Crippen MR) is 147 cm³/mol. The van der Waals surface area contributed by atoms with Crippen molar-refractivity contribution in [2.45, 2.75) is 95.8 Å². The van der Waals surface area contributed by atoms with E-state index in [0.717, 1.165) is 16.9 Å². The van der Waals surface area contributed by atoms with Crippen LogP contribution < -0.4 is 4.90 Å². The maximum Gasteiger partial charge on any atom is 0.156 e. The molecule has 2 aliphatic carbocycles. The van der Waals surface area contributed by atoms with Gasteiger partial charge in [0.05, 0.1) is 5.39 Å². The molecule has 4 rings (SSSR count).